The van der Waals surface area contributed by atoms with Gasteiger partial charge in [0.15, 0.2) is 5.82 Å². The Morgan fingerprint density at radius 1 is 1.14 bits per heavy atom. The first-order valence-electron chi connectivity index (χ1n) is 6.77. The van der Waals surface area contributed by atoms with Gasteiger partial charge < -0.3 is 10.3 Å². The van der Waals surface area contributed by atoms with Crippen LogP contribution in [0.4, 0.5) is 5.69 Å². The van der Waals surface area contributed by atoms with Crippen molar-refractivity contribution in [1.82, 2.24) is 9.97 Å². The van der Waals surface area contributed by atoms with Gasteiger partial charge >= 0.3 is 0 Å². The number of thioether (sulfide) groups is 1. The van der Waals surface area contributed by atoms with E-state index < -0.39 is 0 Å². The molecule has 2 aromatic carbocycles. The molecule has 0 aliphatic carbocycles. The molecule has 0 aliphatic rings. The molecule has 0 radical (unpaired) electrons. The number of aromatic amines is 1. The third-order valence-electron chi connectivity index (χ3n) is 3.20. The van der Waals surface area contributed by atoms with E-state index in [0.29, 0.717) is 11.4 Å². The van der Waals surface area contributed by atoms with Crippen LogP contribution >= 0.6 is 11.8 Å². The first-order valence-corrected chi connectivity index (χ1v) is 8.00. The molecular weight excluding hydrogens is 292 g/mol. The molecule has 3 rings (SSSR count). The highest BCUT2D eigenvalue weighted by atomic mass is 32.2. The van der Waals surface area contributed by atoms with Gasteiger partial charge in [0.05, 0.1) is 16.1 Å². The summed E-state index contributed by atoms with van der Waals surface area (Å²) in [5, 5.41) is 13.6. The molecule has 4 nitrogen and oxygen atoms in total. The van der Waals surface area contributed by atoms with Crippen LogP contribution in [0.5, 0.6) is 0 Å². The Balaban J connectivity index is 2.04. The minimum absolute atomic E-state index is 0.507. The Morgan fingerprint density at radius 3 is 2.55 bits per heavy atom. The number of rotatable bonds is 4. The third-order valence-corrected chi connectivity index (χ3v) is 3.92. The first kappa shape index (κ1) is 14.2. The number of H-pyrrole nitrogens is 1. The quantitative estimate of drug-likeness (QED) is 0.708. The molecule has 0 amide bonds. The summed E-state index contributed by atoms with van der Waals surface area (Å²) < 4.78 is 0. The fourth-order valence-electron chi connectivity index (χ4n) is 2.15. The predicted octanol–water partition coefficient (Wildman–Crippen LogP) is 4.23. The minimum Gasteiger partial charge on any atom is -0.349 e. The maximum absolute atomic E-state index is 9.56. The van der Waals surface area contributed by atoms with Gasteiger partial charge in [0.25, 0.3) is 0 Å². The van der Waals surface area contributed by atoms with Crippen LogP contribution < -0.4 is 5.32 Å². The van der Waals surface area contributed by atoms with Crippen molar-refractivity contribution in [2.75, 3.05) is 11.6 Å². The van der Waals surface area contributed by atoms with Gasteiger partial charge in [-0.3, -0.25) is 0 Å². The number of benzene rings is 2. The van der Waals surface area contributed by atoms with Gasteiger partial charge in [-0.05, 0) is 30.5 Å². The molecule has 0 aliphatic heterocycles. The van der Waals surface area contributed by atoms with Crippen LogP contribution in [-0.4, -0.2) is 16.2 Å². The van der Waals surface area contributed by atoms with Crippen molar-refractivity contribution >= 4 is 34.1 Å². The zero-order chi connectivity index (χ0) is 15.4. The van der Waals surface area contributed by atoms with E-state index in [4.69, 9.17) is 0 Å². The van der Waals surface area contributed by atoms with Crippen molar-refractivity contribution in [1.29, 1.82) is 5.26 Å². The SMILES string of the molecule is CS/C(Nc1ccccc1)=C(/C#N)c1nc2ccccc2[nH]1. The standard InChI is InChI=1S/C17H14N4S/c1-22-17(19-12-7-3-2-4-8-12)13(11-18)16-20-14-9-5-6-10-15(14)21-16/h2-10,19H,1H3,(H,20,21)/b17-13-. The fourth-order valence-corrected chi connectivity index (χ4v) is 2.72. The van der Waals surface area contributed by atoms with Gasteiger partial charge in [-0.25, -0.2) is 4.98 Å². The number of nitrogens with zero attached hydrogens (tertiary/aromatic N) is 2. The lowest BCUT2D eigenvalue weighted by Gasteiger charge is -2.09. The summed E-state index contributed by atoms with van der Waals surface area (Å²) in [5.41, 5.74) is 3.22. The number of fused-ring (bicyclic) bond motifs is 1. The summed E-state index contributed by atoms with van der Waals surface area (Å²) in [6, 6.07) is 19.8. The van der Waals surface area contributed by atoms with E-state index in [-0.39, 0.29) is 0 Å². The van der Waals surface area contributed by atoms with Gasteiger partial charge in [0.1, 0.15) is 11.6 Å². The van der Waals surface area contributed by atoms with Crippen LogP contribution in [0.1, 0.15) is 5.82 Å². The molecule has 0 spiro atoms. The molecule has 0 bridgehead atoms. The number of hydrogen-bond donors (Lipinski definition) is 2. The molecule has 2 N–H and O–H groups in total. The Bertz CT molecular complexity index is 826. The van der Waals surface area contributed by atoms with Gasteiger partial charge in [-0.1, -0.05) is 30.3 Å². The van der Waals surface area contributed by atoms with Crippen molar-refractivity contribution in [3.8, 4) is 6.07 Å². The number of aromatic nitrogens is 2. The molecule has 1 aromatic heterocycles. The summed E-state index contributed by atoms with van der Waals surface area (Å²) in [4.78, 5) is 7.71. The lowest BCUT2D eigenvalue weighted by atomic mass is 10.3. The highest BCUT2D eigenvalue weighted by molar-refractivity contribution is 8.02. The summed E-state index contributed by atoms with van der Waals surface area (Å²) in [6.07, 6.45) is 1.94. The number of nitrogens with one attached hydrogen (secondary N) is 2. The van der Waals surface area contributed by atoms with E-state index in [1.807, 2.05) is 60.9 Å². The van der Waals surface area contributed by atoms with Crippen LogP contribution in [0.15, 0.2) is 59.6 Å². The second-order valence-corrected chi connectivity index (χ2v) is 5.43. The molecule has 0 unspecified atom stereocenters. The highest BCUT2D eigenvalue weighted by Gasteiger charge is 2.13. The van der Waals surface area contributed by atoms with Crippen molar-refractivity contribution < 1.29 is 0 Å². The smallest absolute Gasteiger partial charge is 0.151 e. The van der Waals surface area contributed by atoms with Crippen molar-refractivity contribution in [3.05, 3.63) is 65.5 Å². The zero-order valence-corrected chi connectivity index (χ0v) is 12.8. The van der Waals surface area contributed by atoms with Crippen LogP contribution in [0.2, 0.25) is 0 Å². The molecule has 5 heteroatoms. The molecule has 108 valence electrons. The maximum atomic E-state index is 9.56. The minimum atomic E-state index is 0.507. The van der Waals surface area contributed by atoms with E-state index in [1.54, 1.807) is 0 Å². The predicted molar refractivity (Wildman–Crippen MR) is 92.2 cm³/mol. The second kappa shape index (κ2) is 6.37. The van der Waals surface area contributed by atoms with Gasteiger partial charge in [0, 0.05) is 5.69 Å². The largest absolute Gasteiger partial charge is 0.349 e. The Labute approximate surface area is 132 Å². The zero-order valence-electron chi connectivity index (χ0n) is 12.0. The van der Waals surface area contributed by atoms with E-state index >= 15 is 0 Å². The fraction of sp³-hybridized carbons (Fsp3) is 0.0588. The summed E-state index contributed by atoms with van der Waals surface area (Å²) >= 11 is 1.49. The number of nitriles is 1. The second-order valence-electron chi connectivity index (χ2n) is 4.61. The van der Waals surface area contributed by atoms with Gasteiger partial charge in [0.2, 0.25) is 0 Å². The van der Waals surface area contributed by atoms with Gasteiger partial charge in [-0.15, -0.1) is 11.8 Å². The lowest BCUT2D eigenvalue weighted by molar-refractivity contribution is 1.26. The molecule has 0 saturated carbocycles. The van der Waals surface area contributed by atoms with E-state index in [2.05, 4.69) is 21.4 Å². The number of imidazole rings is 1. The summed E-state index contributed by atoms with van der Waals surface area (Å²) in [6.45, 7) is 0. The number of para-hydroxylation sites is 3. The van der Waals surface area contributed by atoms with Crippen molar-refractivity contribution in [2.24, 2.45) is 0 Å². The summed E-state index contributed by atoms with van der Waals surface area (Å²) in [5.74, 6) is 0.580. The number of hydrogen-bond acceptors (Lipinski definition) is 4. The molecule has 0 fully saturated rings. The van der Waals surface area contributed by atoms with Crippen molar-refractivity contribution in [3.63, 3.8) is 0 Å². The maximum Gasteiger partial charge on any atom is 0.151 e. The normalized spacial score (nSPS) is 11.8. The Morgan fingerprint density at radius 2 is 1.86 bits per heavy atom. The van der Waals surface area contributed by atoms with E-state index in [1.165, 1.54) is 11.8 Å². The topological polar surface area (TPSA) is 64.5 Å². The molecule has 22 heavy (non-hydrogen) atoms. The lowest BCUT2D eigenvalue weighted by Crippen LogP contribution is -2.00. The Kier molecular flexibility index (Phi) is 4.12. The van der Waals surface area contributed by atoms with Crippen LogP contribution in [0, 0.1) is 11.3 Å². The molecule has 1 heterocycles. The van der Waals surface area contributed by atoms with Crippen LogP contribution in [0.25, 0.3) is 16.6 Å². The van der Waals surface area contributed by atoms with Crippen LogP contribution in [-0.2, 0) is 0 Å². The third kappa shape index (κ3) is 2.83. The first-order chi connectivity index (χ1) is 10.8. The monoisotopic (exact) mass is 306 g/mol. The van der Waals surface area contributed by atoms with E-state index in [0.717, 1.165) is 21.7 Å². The van der Waals surface area contributed by atoms with Gasteiger partial charge in [-0.2, -0.15) is 5.26 Å². The summed E-state index contributed by atoms with van der Waals surface area (Å²) in [7, 11) is 0. The van der Waals surface area contributed by atoms with Crippen LogP contribution in [0.3, 0.4) is 0 Å². The van der Waals surface area contributed by atoms with E-state index in [9.17, 15) is 5.26 Å². The van der Waals surface area contributed by atoms with Crippen molar-refractivity contribution in [2.45, 2.75) is 0 Å². The average molecular weight is 306 g/mol. The average Bonchev–Trinajstić information content (AvgIpc) is 2.99. The molecular formula is C17H14N4S. The Hall–Kier alpha value is -2.71. The molecule has 0 atom stereocenters. The molecule has 3 aromatic rings. The highest BCUT2D eigenvalue weighted by Crippen LogP contribution is 2.26. The number of allylic oxidation sites excluding steroid dienone is 1. The molecule has 0 saturated heterocycles. The number of anilines is 1.